The molecule has 3 aromatic rings. The molecular weight excluding hydrogens is 369 g/mol. The molecule has 2 fully saturated rings. The van der Waals surface area contributed by atoms with Crippen LogP contribution in [0.25, 0.3) is 11.0 Å². The summed E-state index contributed by atoms with van der Waals surface area (Å²) in [5.41, 5.74) is 2.73. The second-order valence-corrected chi connectivity index (χ2v) is 8.06. The minimum absolute atomic E-state index is 0.102. The van der Waals surface area contributed by atoms with Crippen LogP contribution in [0.2, 0.25) is 0 Å². The van der Waals surface area contributed by atoms with Crippen LogP contribution in [0.1, 0.15) is 30.8 Å². The lowest BCUT2D eigenvalue weighted by molar-refractivity contribution is -0.132. The van der Waals surface area contributed by atoms with Gasteiger partial charge in [0.1, 0.15) is 17.2 Å². The molecule has 7 heteroatoms. The predicted molar refractivity (Wildman–Crippen MR) is 109 cm³/mol. The highest BCUT2D eigenvalue weighted by Crippen LogP contribution is 2.46. The van der Waals surface area contributed by atoms with Crippen LogP contribution in [0.4, 0.5) is 10.2 Å². The van der Waals surface area contributed by atoms with E-state index in [0.717, 1.165) is 41.3 Å². The summed E-state index contributed by atoms with van der Waals surface area (Å²) in [7, 11) is 0. The van der Waals surface area contributed by atoms with Gasteiger partial charge in [0.05, 0.1) is 11.6 Å². The number of H-pyrrole nitrogens is 1. The van der Waals surface area contributed by atoms with Crippen molar-refractivity contribution < 1.29 is 9.18 Å². The number of halogens is 1. The third-order valence-electron chi connectivity index (χ3n) is 6.28. The third-order valence-corrected chi connectivity index (χ3v) is 6.28. The number of carbonyl (C=O) groups is 1. The van der Waals surface area contributed by atoms with Crippen LogP contribution < -0.4 is 4.90 Å². The van der Waals surface area contributed by atoms with Crippen LogP contribution in [0.15, 0.2) is 36.5 Å². The lowest BCUT2D eigenvalue weighted by atomic mass is 9.89. The molecule has 2 saturated heterocycles. The van der Waals surface area contributed by atoms with Crippen molar-refractivity contribution in [3.8, 4) is 0 Å². The fourth-order valence-electron chi connectivity index (χ4n) is 5.07. The first-order valence-corrected chi connectivity index (χ1v) is 10.2. The largest absolute Gasteiger partial charge is 0.357 e. The van der Waals surface area contributed by atoms with Crippen molar-refractivity contribution in [3.63, 3.8) is 0 Å². The minimum atomic E-state index is -0.260. The number of nitrogens with zero attached hydrogens (tertiary/aromatic N) is 4. The molecule has 4 heterocycles. The van der Waals surface area contributed by atoms with Gasteiger partial charge in [-0.2, -0.15) is 0 Å². The van der Waals surface area contributed by atoms with Crippen molar-refractivity contribution in [2.45, 2.75) is 26.3 Å². The molecule has 2 aromatic heterocycles. The number of likely N-dealkylation sites (tertiary alicyclic amines) is 1. The van der Waals surface area contributed by atoms with E-state index < -0.39 is 0 Å². The van der Waals surface area contributed by atoms with E-state index in [1.807, 2.05) is 37.1 Å². The smallest absolute Gasteiger partial charge is 0.222 e. The Balaban J connectivity index is 1.51. The number of fused-ring (bicyclic) bond motifs is 2. The van der Waals surface area contributed by atoms with Crippen molar-refractivity contribution >= 4 is 22.8 Å². The summed E-state index contributed by atoms with van der Waals surface area (Å²) in [4.78, 5) is 29.4. The fraction of sp³-hybridized carbons (Fsp3) is 0.409. The van der Waals surface area contributed by atoms with Gasteiger partial charge in [0, 0.05) is 44.1 Å². The summed E-state index contributed by atoms with van der Waals surface area (Å²) < 4.78 is 14.0. The van der Waals surface area contributed by atoms with E-state index in [2.05, 4.69) is 14.9 Å². The Bertz CT molecular complexity index is 1080. The number of aromatic nitrogens is 3. The summed E-state index contributed by atoms with van der Waals surface area (Å²) >= 11 is 0. The highest BCUT2D eigenvalue weighted by Gasteiger charge is 2.49. The van der Waals surface area contributed by atoms with Crippen molar-refractivity contribution in [2.75, 3.05) is 24.5 Å². The van der Waals surface area contributed by atoms with Crippen molar-refractivity contribution in [2.24, 2.45) is 11.8 Å². The molecule has 0 saturated carbocycles. The molecule has 1 N–H and O–H groups in total. The Hall–Kier alpha value is -2.96. The summed E-state index contributed by atoms with van der Waals surface area (Å²) in [6.07, 6.45) is 2.35. The number of aromatic amines is 1. The Morgan fingerprint density at radius 2 is 2.10 bits per heavy atom. The lowest BCUT2D eigenvalue weighted by Gasteiger charge is -2.30. The molecule has 1 aromatic carbocycles. The summed E-state index contributed by atoms with van der Waals surface area (Å²) in [6.45, 7) is 6.10. The molecule has 0 unspecified atom stereocenters. The van der Waals surface area contributed by atoms with Crippen molar-refractivity contribution in [3.05, 3.63) is 53.7 Å². The first kappa shape index (κ1) is 18.1. The van der Waals surface area contributed by atoms with Gasteiger partial charge < -0.3 is 14.8 Å². The zero-order chi connectivity index (χ0) is 20.1. The van der Waals surface area contributed by atoms with Crippen molar-refractivity contribution in [1.82, 2.24) is 19.9 Å². The first-order valence-electron chi connectivity index (χ1n) is 10.2. The molecule has 29 heavy (non-hydrogen) atoms. The van der Waals surface area contributed by atoms with Crippen LogP contribution >= 0.6 is 0 Å². The molecule has 3 atom stereocenters. The SMILES string of the molecule is CCC(=O)N1C[C@@H]2CN(c3nc(C)nc4cc[nH]c34)C[C@@H]2[C@@H]1c1cccc(F)c1. The molecule has 2 aliphatic heterocycles. The van der Waals surface area contributed by atoms with Gasteiger partial charge in [-0.15, -0.1) is 0 Å². The number of anilines is 1. The van der Waals surface area contributed by atoms with Crippen LogP contribution in [0.3, 0.4) is 0 Å². The van der Waals surface area contributed by atoms with E-state index in [1.54, 1.807) is 12.1 Å². The zero-order valence-electron chi connectivity index (χ0n) is 16.6. The van der Waals surface area contributed by atoms with Gasteiger partial charge >= 0.3 is 0 Å². The second kappa shape index (κ2) is 6.83. The van der Waals surface area contributed by atoms with Gasteiger partial charge in [0.25, 0.3) is 0 Å². The number of amides is 1. The normalized spacial score (nSPS) is 23.8. The molecular formula is C22H24FN5O. The number of aryl methyl sites for hydroxylation is 1. The van der Waals surface area contributed by atoms with Gasteiger partial charge in [-0.3, -0.25) is 4.79 Å². The first-order chi connectivity index (χ1) is 14.0. The van der Waals surface area contributed by atoms with Gasteiger partial charge in [-0.25, -0.2) is 14.4 Å². The monoisotopic (exact) mass is 393 g/mol. The maximum absolute atomic E-state index is 14.0. The fourth-order valence-corrected chi connectivity index (χ4v) is 5.07. The highest BCUT2D eigenvalue weighted by atomic mass is 19.1. The molecule has 5 rings (SSSR count). The molecule has 0 spiro atoms. The van der Waals surface area contributed by atoms with Crippen LogP contribution in [-0.2, 0) is 4.79 Å². The Morgan fingerprint density at radius 3 is 2.90 bits per heavy atom. The quantitative estimate of drug-likeness (QED) is 0.740. The van der Waals surface area contributed by atoms with E-state index in [0.29, 0.717) is 18.9 Å². The zero-order valence-corrected chi connectivity index (χ0v) is 16.6. The standard InChI is InChI=1S/C22H24FN5O/c1-3-19(29)28-11-15-10-27(22-20-18(7-8-24-20)25-13(2)26-22)12-17(15)21(28)14-5-4-6-16(23)9-14/h4-9,15,17,21,24H,3,10-12H2,1-2H3/t15-,17-,21-/m0/s1. The van der Waals surface area contributed by atoms with Crippen LogP contribution in [-0.4, -0.2) is 45.4 Å². The number of hydrogen-bond donors (Lipinski definition) is 1. The predicted octanol–water partition coefficient (Wildman–Crippen LogP) is 3.45. The lowest BCUT2D eigenvalue weighted by Crippen LogP contribution is -2.35. The van der Waals surface area contributed by atoms with E-state index in [1.165, 1.54) is 6.07 Å². The summed E-state index contributed by atoms with van der Waals surface area (Å²) in [6, 6.07) is 8.55. The Kier molecular flexibility index (Phi) is 4.26. The second-order valence-electron chi connectivity index (χ2n) is 8.06. The molecule has 2 aliphatic rings. The maximum Gasteiger partial charge on any atom is 0.222 e. The average Bonchev–Trinajstić information content (AvgIpc) is 3.40. The number of hydrogen-bond acceptors (Lipinski definition) is 4. The maximum atomic E-state index is 14.0. The topological polar surface area (TPSA) is 65.1 Å². The van der Waals surface area contributed by atoms with E-state index >= 15 is 0 Å². The Labute approximate surface area is 168 Å². The van der Waals surface area contributed by atoms with Gasteiger partial charge in [0.15, 0.2) is 5.82 Å². The third kappa shape index (κ3) is 2.96. The number of rotatable bonds is 3. The van der Waals surface area contributed by atoms with Gasteiger partial charge in [0.2, 0.25) is 5.91 Å². The molecule has 0 radical (unpaired) electrons. The van der Waals surface area contributed by atoms with E-state index in [-0.39, 0.29) is 23.7 Å². The molecule has 150 valence electrons. The van der Waals surface area contributed by atoms with Gasteiger partial charge in [-0.05, 0) is 30.7 Å². The molecule has 0 bridgehead atoms. The summed E-state index contributed by atoms with van der Waals surface area (Å²) in [5.74, 6) is 2.10. The van der Waals surface area contributed by atoms with E-state index in [9.17, 15) is 9.18 Å². The molecule has 0 aliphatic carbocycles. The number of nitrogens with one attached hydrogen (secondary N) is 1. The molecule has 6 nitrogen and oxygen atoms in total. The summed E-state index contributed by atoms with van der Waals surface area (Å²) in [5, 5.41) is 0. The van der Waals surface area contributed by atoms with E-state index in [4.69, 9.17) is 4.98 Å². The number of benzene rings is 1. The van der Waals surface area contributed by atoms with Crippen LogP contribution in [0, 0.1) is 24.6 Å². The molecule has 1 amide bonds. The Morgan fingerprint density at radius 1 is 1.24 bits per heavy atom. The minimum Gasteiger partial charge on any atom is -0.357 e. The van der Waals surface area contributed by atoms with Crippen LogP contribution in [0.5, 0.6) is 0 Å². The van der Waals surface area contributed by atoms with Crippen molar-refractivity contribution in [1.29, 1.82) is 0 Å². The number of carbonyl (C=O) groups excluding carboxylic acids is 1. The average molecular weight is 393 g/mol. The van der Waals surface area contributed by atoms with Gasteiger partial charge in [-0.1, -0.05) is 19.1 Å². The highest BCUT2D eigenvalue weighted by molar-refractivity contribution is 5.86.